The van der Waals surface area contributed by atoms with Gasteiger partial charge in [-0.1, -0.05) is 26.2 Å². The summed E-state index contributed by atoms with van der Waals surface area (Å²) in [5.41, 5.74) is 2.76. The molecule has 0 bridgehead atoms. The molecule has 16 heavy (non-hydrogen) atoms. The Morgan fingerprint density at radius 3 is 2.94 bits per heavy atom. The van der Waals surface area contributed by atoms with Crippen molar-refractivity contribution in [3.63, 3.8) is 0 Å². The van der Waals surface area contributed by atoms with E-state index in [1.165, 1.54) is 32.1 Å². The highest BCUT2D eigenvalue weighted by molar-refractivity contribution is 5.79. The number of aliphatic imine (C=N–C) groups is 1. The van der Waals surface area contributed by atoms with E-state index in [2.05, 4.69) is 29.2 Å². The lowest BCUT2D eigenvalue weighted by molar-refractivity contribution is 0.324. The van der Waals surface area contributed by atoms with Crippen LogP contribution in [0.4, 0.5) is 0 Å². The molecule has 1 heterocycles. The molecule has 1 saturated heterocycles. The fraction of sp³-hybridized carbons (Fsp3) is 0.917. The van der Waals surface area contributed by atoms with E-state index in [9.17, 15) is 0 Å². The molecule has 0 aromatic heterocycles. The summed E-state index contributed by atoms with van der Waals surface area (Å²) in [6.45, 7) is 6.40. The van der Waals surface area contributed by atoms with Gasteiger partial charge in [0.15, 0.2) is 0 Å². The Hall–Kier alpha value is -0.770. The first-order chi connectivity index (χ1) is 7.79. The highest BCUT2D eigenvalue weighted by atomic mass is 15.4. The number of nitrogens with one attached hydrogen (secondary N) is 1. The molecule has 0 amide bonds. The van der Waals surface area contributed by atoms with Crippen LogP contribution < -0.4 is 11.3 Å². The van der Waals surface area contributed by atoms with E-state index in [1.807, 2.05) is 0 Å². The normalized spacial score (nSPS) is 23.1. The minimum Gasteiger partial charge on any atom is -0.339 e. The molecule has 1 unspecified atom stereocenters. The largest absolute Gasteiger partial charge is 0.339 e. The van der Waals surface area contributed by atoms with Crippen molar-refractivity contribution in [3.8, 4) is 0 Å². The van der Waals surface area contributed by atoms with Crippen LogP contribution in [0.15, 0.2) is 4.99 Å². The Morgan fingerprint density at radius 1 is 1.44 bits per heavy atom. The molecular formula is C12H26N4. The monoisotopic (exact) mass is 226 g/mol. The van der Waals surface area contributed by atoms with Crippen molar-refractivity contribution in [3.05, 3.63) is 0 Å². The molecule has 4 nitrogen and oxygen atoms in total. The molecule has 1 fully saturated rings. The van der Waals surface area contributed by atoms with Gasteiger partial charge < -0.3 is 4.90 Å². The fourth-order valence-corrected chi connectivity index (χ4v) is 2.15. The van der Waals surface area contributed by atoms with Gasteiger partial charge in [-0.05, 0) is 26.2 Å². The molecule has 3 N–H and O–H groups in total. The van der Waals surface area contributed by atoms with Crippen molar-refractivity contribution in [1.82, 2.24) is 10.3 Å². The summed E-state index contributed by atoms with van der Waals surface area (Å²) in [7, 11) is 0. The molecule has 1 rings (SSSR count). The lowest BCUT2D eigenvalue weighted by atomic mass is 10.1. The summed E-state index contributed by atoms with van der Waals surface area (Å²) in [5, 5.41) is 0. The van der Waals surface area contributed by atoms with Gasteiger partial charge in [0.1, 0.15) is 0 Å². The molecule has 1 aliphatic rings. The molecule has 0 aliphatic carbocycles. The van der Waals surface area contributed by atoms with E-state index in [-0.39, 0.29) is 0 Å². The van der Waals surface area contributed by atoms with Crippen LogP contribution in [-0.4, -0.2) is 30.0 Å². The predicted molar refractivity (Wildman–Crippen MR) is 69.2 cm³/mol. The Bertz CT molecular complexity index is 215. The second-order valence-corrected chi connectivity index (χ2v) is 4.59. The Labute approximate surface area is 99.3 Å². The van der Waals surface area contributed by atoms with Crippen molar-refractivity contribution in [2.24, 2.45) is 10.8 Å². The predicted octanol–water partition coefficient (Wildman–Crippen LogP) is 1.87. The number of hydrogen-bond donors (Lipinski definition) is 2. The van der Waals surface area contributed by atoms with Gasteiger partial charge in [0, 0.05) is 19.1 Å². The molecule has 0 radical (unpaired) electrons. The zero-order chi connectivity index (χ0) is 11.8. The summed E-state index contributed by atoms with van der Waals surface area (Å²) < 4.78 is 0. The Morgan fingerprint density at radius 2 is 2.25 bits per heavy atom. The number of hydrogen-bond acceptors (Lipinski definition) is 2. The number of rotatable bonds is 3. The number of unbranched alkanes of at least 4 members (excludes halogenated alkanes) is 1. The quantitative estimate of drug-likeness (QED) is 0.254. The maximum atomic E-state index is 5.58. The van der Waals surface area contributed by atoms with Crippen molar-refractivity contribution in [2.75, 3.05) is 13.1 Å². The number of hydrazine groups is 1. The molecule has 1 aliphatic heterocycles. The summed E-state index contributed by atoms with van der Waals surface area (Å²) in [5.74, 6) is 6.45. The van der Waals surface area contributed by atoms with Gasteiger partial charge in [0.2, 0.25) is 5.96 Å². The number of nitrogens with two attached hydrogens (primary N) is 1. The average molecular weight is 226 g/mol. The lowest BCUT2D eigenvalue weighted by Crippen LogP contribution is -2.48. The van der Waals surface area contributed by atoms with Crippen LogP contribution in [0.5, 0.6) is 0 Å². The Kier molecular flexibility index (Phi) is 6.23. The van der Waals surface area contributed by atoms with Crippen LogP contribution in [0.2, 0.25) is 0 Å². The van der Waals surface area contributed by atoms with Gasteiger partial charge >= 0.3 is 0 Å². The molecule has 0 aromatic rings. The van der Waals surface area contributed by atoms with Gasteiger partial charge in [-0.15, -0.1) is 0 Å². The first kappa shape index (κ1) is 13.3. The number of guanidine groups is 1. The van der Waals surface area contributed by atoms with Crippen LogP contribution in [0.25, 0.3) is 0 Å². The lowest BCUT2D eigenvalue weighted by Gasteiger charge is -2.29. The van der Waals surface area contributed by atoms with Crippen LogP contribution in [0.1, 0.15) is 52.4 Å². The maximum absolute atomic E-state index is 5.58. The molecule has 1 atom stereocenters. The minimum atomic E-state index is 0.555. The SMILES string of the molecule is CCCCN=C(NN)N1CCCCCC1C. The van der Waals surface area contributed by atoms with E-state index in [4.69, 9.17) is 5.84 Å². The second kappa shape index (κ2) is 7.49. The van der Waals surface area contributed by atoms with Crippen molar-refractivity contribution in [2.45, 2.75) is 58.4 Å². The van der Waals surface area contributed by atoms with E-state index in [1.54, 1.807) is 0 Å². The summed E-state index contributed by atoms with van der Waals surface area (Å²) in [6.07, 6.45) is 7.45. The minimum absolute atomic E-state index is 0.555. The third-order valence-corrected chi connectivity index (χ3v) is 3.23. The number of nitrogens with zero attached hydrogens (tertiary/aromatic N) is 2. The molecule has 0 saturated carbocycles. The van der Waals surface area contributed by atoms with Crippen LogP contribution in [0.3, 0.4) is 0 Å². The van der Waals surface area contributed by atoms with Crippen molar-refractivity contribution < 1.29 is 0 Å². The van der Waals surface area contributed by atoms with Gasteiger partial charge in [-0.2, -0.15) is 0 Å². The third-order valence-electron chi connectivity index (χ3n) is 3.23. The van der Waals surface area contributed by atoms with Crippen LogP contribution in [-0.2, 0) is 0 Å². The van der Waals surface area contributed by atoms with Gasteiger partial charge in [0.25, 0.3) is 0 Å². The third kappa shape index (κ3) is 4.00. The van der Waals surface area contributed by atoms with E-state index in [0.29, 0.717) is 6.04 Å². The van der Waals surface area contributed by atoms with Gasteiger partial charge in [0.05, 0.1) is 0 Å². The smallest absolute Gasteiger partial charge is 0.208 e. The molecule has 4 heteroatoms. The highest BCUT2D eigenvalue weighted by Gasteiger charge is 2.19. The summed E-state index contributed by atoms with van der Waals surface area (Å²) in [6, 6.07) is 0.555. The average Bonchev–Trinajstić information content (AvgIpc) is 2.50. The van der Waals surface area contributed by atoms with Crippen LogP contribution in [0, 0.1) is 0 Å². The molecule has 0 aromatic carbocycles. The van der Waals surface area contributed by atoms with E-state index in [0.717, 1.165) is 25.5 Å². The highest BCUT2D eigenvalue weighted by Crippen LogP contribution is 2.16. The van der Waals surface area contributed by atoms with Crippen LogP contribution >= 0.6 is 0 Å². The molecule has 94 valence electrons. The summed E-state index contributed by atoms with van der Waals surface area (Å²) in [4.78, 5) is 6.88. The zero-order valence-corrected chi connectivity index (χ0v) is 10.7. The van der Waals surface area contributed by atoms with E-state index >= 15 is 0 Å². The van der Waals surface area contributed by atoms with Crippen molar-refractivity contribution >= 4 is 5.96 Å². The standard InChI is InChI=1S/C12H26N4/c1-3-4-9-14-12(15-13)16-10-7-5-6-8-11(16)2/h11H,3-10,13H2,1-2H3,(H,14,15). The fourth-order valence-electron chi connectivity index (χ4n) is 2.15. The van der Waals surface area contributed by atoms with E-state index < -0.39 is 0 Å². The van der Waals surface area contributed by atoms with Crippen molar-refractivity contribution in [1.29, 1.82) is 0 Å². The molecular weight excluding hydrogens is 200 g/mol. The van der Waals surface area contributed by atoms with Gasteiger partial charge in [-0.25, -0.2) is 5.84 Å². The molecule has 0 spiro atoms. The first-order valence-corrected chi connectivity index (χ1v) is 6.57. The Balaban J connectivity index is 2.57. The second-order valence-electron chi connectivity index (χ2n) is 4.59. The van der Waals surface area contributed by atoms with Gasteiger partial charge in [-0.3, -0.25) is 10.4 Å². The zero-order valence-electron chi connectivity index (χ0n) is 10.7. The first-order valence-electron chi connectivity index (χ1n) is 6.57. The topological polar surface area (TPSA) is 53.6 Å². The number of likely N-dealkylation sites (tertiary alicyclic amines) is 1. The maximum Gasteiger partial charge on any atom is 0.208 e. The summed E-state index contributed by atoms with van der Waals surface area (Å²) >= 11 is 0.